The molecule has 0 amide bonds. The van der Waals surface area contributed by atoms with Crippen LogP contribution in [0.4, 0.5) is 5.69 Å². The maximum absolute atomic E-state index is 4.77. The number of nitrogens with zero attached hydrogens (tertiary/aromatic N) is 4. The van der Waals surface area contributed by atoms with E-state index < -0.39 is 0 Å². The van der Waals surface area contributed by atoms with Crippen molar-refractivity contribution in [2.24, 2.45) is 0 Å². The summed E-state index contributed by atoms with van der Waals surface area (Å²) in [6.07, 6.45) is 6.22. The lowest BCUT2D eigenvalue weighted by Gasteiger charge is -2.40. The first kappa shape index (κ1) is 39.0. The van der Waals surface area contributed by atoms with E-state index >= 15 is 0 Å². The Morgan fingerprint density at radius 3 is 1.56 bits per heavy atom. The van der Waals surface area contributed by atoms with E-state index in [0.717, 1.165) is 50.4 Å². The van der Waals surface area contributed by atoms with Crippen LogP contribution >= 0.6 is 37.2 Å². The number of piperidine rings is 1. The Kier molecular flexibility index (Phi) is 14.1. The molecule has 48 heavy (non-hydrogen) atoms. The van der Waals surface area contributed by atoms with Crippen LogP contribution in [-0.2, 0) is 13.1 Å². The molecule has 1 saturated heterocycles. The zero-order valence-electron chi connectivity index (χ0n) is 29.0. The highest BCUT2D eigenvalue weighted by Crippen LogP contribution is 2.30. The van der Waals surface area contributed by atoms with Crippen LogP contribution in [0.3, 0.4) is 0 Å². The quantitative estimate of drug-likeness (QED) is 0.161. The number of hydrogen-bond acceptors (Lipinski definition) is 4. The fourth-order valence-electron chi connectivity index (χ4n) is 6.72. The average Bonchev–Trinajstić information content (AvgIpc) is 3.05. The summed E-state index contributed by atoms with van der Waals surface area (Å²) in [7, 11) is 0. The van der Waals surface area contributed by atoms with Gasteiger partial charge in [-0.05, 0) is 160 Å². The predicted molar refractivity (Wildman–Crippen MR) is 210 cm³/mol. The molecule has 3 aromatic carbocycles. The maximum Gasteiger partial charge on any atom is 0.0705 e. The van der Waals surface area contributed by atoms with Gasteiger partial charge in [-0.1, -0.05) is 18.2 Å². The van der Waals surface area contributed by atoms with Crippen LogP contribution in [0.1, 0.15) is 57.3 Å². The fraction of sp³-hybridized carbons (Fsp3) is 0.317. The Morgan fingerprint density at radius 1 is 0.604 bits per heavy atom. The van der Waals surface area contributed by atoms with Crippen molar-refractivity contribution in [3.05, 3.63) is 136 Å². The van der Waals surface area contributed by atoms with Crippen molar-refractivity contribution in [3.63, 3.8) is 0 Å². The standard InChI is InChI=1S/C41H46N4.3ClH/c1-28-20-36(21-29(2)32(28)5)40-24-34(12-16-42-40)26-44-18-14-39(15-19-44)45(38-10-8-7-9-11-38)27-35-13-17-43-41(25-35)37-22-30(3)33(6)31(4)23-37;;;/h7-13,16-17,20-25,39H,14-15,18-19,26-27H2,1-6H3;3*1H. The molecule has 0 bridgehead atoms. The second kappa shape index (κ2) is 17.3. The summed E-state index contributed by atoms with van der Waals surface area (Å²) < 4.78 is 0. The van der Waals surface area contributed by atoms with Crippen molar-refractivity contribution in [2.45, 2.75) is 73.5 Å². The lowest BCUT2D eigenvalue weighted by Crippen LogP contribution is -2.44. The van der Waals surface area contributed by atoms with Gasteiger partial charge in [-0.3, -0.25) is 14.9 Å². The lowest BCUT2D eigenvalue weighted by atomic mass is 9.97. The first-order valence-electron chi connectivity index (χ1n) is 16.4. The van der Waals surface area contributed by atoms with E-state index in [1.54, 1.807) is 0 Å². The minimum absolute atomic E-state index is 0. The van der Waals surface area contributed by atoms with Crippen molar-refractivity contribution in [1.29, 1.82) is 0 Å². The zero-order chi connectivity index (χ0) is 31.5. The number of aryl methyl sites for hydroxylation is 4. The highest BCUT2D eigenvalue weighted by Gasteiger charge is 2.25. The normalized spacial score (nSPS) is 13.2. The first-order chi connectivity index (χ1) is 21.7. The highest BCUT2D eigenvalue weighted by atomic mass is 35.5. The molecule has 1 fully saturated rings. The number of anilines is 1. The largest absolute Gasteiger partial charge is 0.364 e. The van der Waals surface area contributed by atoms with Crippen LogP contribution < -0.4 is 4.90 Å². The van der Waals surface area contributed by atoms with Gasteiger partial charge in [-0.2, -0.15) is 0 Å². The smallest absolute Gasteiger partial charge is 0.0705 e. The summed E-state index contributed by atoms with van der Waals surface area (Å²) in [5, 5.41) is 0. The fourth-order valence-corrected chi connectivity index (χ4v) is 6.72. The van der Waals surface area contributed by atoms with Gasteiger partial charge in [0.1, 0.15) is 0 Å². The average molecular weight is 704 g/mol. The molecule has 254 valence electrons. The molecule has 1 aliphatic heterocycles. The summed E-state index contributed by atoms with van der Waals surface area (Å²) in [6, 6.07) is 29.4. The second-order valence-electron chi connectivity index (χ2n) is 13.0. The lowest BCUT2D eigenvalue weighted by molar-refractivity contribution is 0.201. The van der Waals surface area contributed by atoms with Gasteiger partial charge in [0.2, 0.25) is 0 Å². The van der Waals surface area contributed by atoms with Gasteiger partial charge in [0.05, 0.1) is 11.4 Å². The maximum atomic E-state index is 4.77. The third kappa shape index (κ3) is 8.98. The molecule has 0 radical (unpaired) electrons. The summed E-state index contributed by atoms with van der Waals surface area (Å²) >= 11 is 0. The minimum Gasteiger partial charge on any atom is -0.364 e. The van der Waals surface area contributed by atoms with E-state index in [9.17, 15) is 0 Å². The molecule has 0 unspecified atom stereocenters. The van der Waals surface area contributed by atoms with E-state index in [1.165, 1.54) is 61.3 Å². The summed E-state index contributed by atoms with van der Waals surface area (Å²) in [5.41, 5.74) is 16.5. The highest BCUT2D eigenvalue weighted by molar-refractivity contribution is 5.86. The van der Waals surface area contributed by atoms with E-state index in [0.29, 0.717) is 6.04 Å². The molecule has 3 heterocycles. The van der Waals surface area contributed by atoms with Crippen molar-refractivity contribution >= 4 is 42.9 Å². The Hall–Kier alpha value is -3.41. The minimum atomic E-state index is 0. The second-order valence-corrected chi connectivity index (χ2v) is 13.0. The third-order valence-corrected chi connectivity index (χ3v) is 9.94. The molecule has 0 saturated carbocycles. The van der Waals surface area contributed by atoms with Crippen LogP contribution in [0.15, 0.2) is 91.3 Å². The predicted octanol–water partition coefficient (Wildman–Crippen LogP) is 10.6. The molecule has 1 aliphatic rings. The van der Waals surface area contributed by atoms with Gasteiger partial charge in [-0.15, -0.1) is 37.2 Å². The van der Waals surface area contributed by atoms with Crippen LogP contribution in [-0.4, -0.2) is 34.0 Å². The first-order valence-corrected chi connectivity index (χ1v) is 16.4. The molecule has 0 aliphatic carbocycles. The van der Waals surface area contributed by atoms with Crippen molar-refractivity contribution < 1.29 is 0 Å². The van der Waals surface area contributed by atoms with E-state index in [2.05, 4.69) is 130 Å². The Labute approximate surface area is 306 Å². The number of hydrogen-bond donors (Lipinski definition) is 0. The van der Waals surface area contributed by atoms with Gasteiger partial charge < -0.3 is 4.90 Å². The van der Waals surface area contributed by atoms with Gasteiger partial charge in [0, 0.05) is 61.4 Å². The number of benzene rings is 3. The number of para-hydroxylation sites is 1. The summed E-state index contributed by atoms with van der Waals surface area (Å²) in [6.45, 7) is 17.2. The van der Waals surface area contributed by atoms with Crippen molar-refractivity contribution in [2.75, 3.05) is 18.0 Å². The van der Waals surface area contributed by atoms with Gasteiger partial charge in [0.15, 0.2) is 0 Å². The van der Waals surface area contributed by atoms with Crippen molar-refractivity contribution in [1.82, 2.24) is 14.9 Å². The zero-order valence-corrected chi connectivity index (χ0v) is 31.4. The number of aromatic nitrogens is 2. The molecule has 0 atom stereocenters. The third-order valence-electron chi connectivity index (χ3n) is 9.94. The SMILES string of the molecule is Cc1cc(-c2cc(CN3CCC(N(Cc4ccnc(-c5cc(C)c(C)c(C)c5)c4)c4ccccc4)CC3)ccn2)cc(C)c1C.Cl.Cl.Cl. The van der Waals surface area contributed by atoms with Crippen LogP contribution in [0.25, 0.3) is 22.5 Å². The van der Waals surface area contributed by atoms with Gasteiger partial charge >= 0.3 is 0 Å². The number of likely N-dealkylation sites (tertiary alicyclic amines) is 1. The Morgan fingerprint density at radius 2 is 1.06 bits per heavy atom. The van der Waals surface area contributed by atoms with Crippen LogP contribution in [0.2, 0.25) is 0 Å². The van der Waals surface area contributed by atoms with Crippen molar-refractivity contribution in [3.8, 4) is 22.5 Å². The van der Waals surface area contributed by atoms with E-state index in [4.69, 9.17) is 9.97 Å². The molecule has 0 N–H and O–H groups in total. The Balaban J connectivity index is 0.00000208. The summed E-state index contributed by atoms with van der Waals surface area (Å²) in [4.78, 5) is 14.7. The van der Waals surface area contributed by atoms with Crippen LogP contribution in [0, 0.1) is 41.5 Å². The van der Waals surface area contributed by atoms with Gasteiger partial charge in [0.25, 0.3) is 0 Å². The summed E-state index contributed by atoms with van der Waals surface area (Å²) in [5.74, 6) is 0. The Bertz CT molecular complexity index is 1750. The molecule has 0 spiro atoms. The number of pyridine rings is 2. The van der Waals surface area contributed by atoms with Gasteiger partial charge in [-0.25, -0.2) is 0 Å². The molecule has 7 heteroatoms. The number of halogens is 3. The van der Waals surface area contributed by atoms with E-state index in [-0.39, 0.29) is 37.2 Å². The molecule has 2 aromatic heterocycles. The monoisotopic (exact) mass is 702 g/mol. The van der Waals surface area contributed by atoms with E-state index in [1.807, 2.05) is 12.4 Å². The number of rotatable bonds is 8. The molecule has 5 aromatic rings. The molecule has 6 rings (SSSR count). The van der Waals surface area contributed by atoms with Crippen LogP contribution in [0.5, 0.6) is 0 Å². The molecular formula is C41H49Cl3N4. The topological polar surface area (TPSA) is 32.3 Å². The molecular weight excluding hydrogens is 655 g/mol. The molecule has 4 nitrogen and oxygen atoms in total.